The molecule has 0 aliphatic heterocycles. The zero-order valence-corrected chi connectivity index (χ0v) is 15.6. The fourth-order valence-corrected chi connectivity index (χ4v) is 3.09. The van der Waals surface area contributed by atoms with E-state index in [4.69, 9.17) is 9.26 Å². The summed E-state index contributed by atoms with van der Waals surface area (Å²) in [4.78, 5) is 20.5. The highest BCUT2D eigenvalue weighted by Gasteiger charge is 2.24. The molecule has 3 heterocycles. The molecule has 1 unspecified atom stereocenters. The van der Waals surface area contributed by atoms with Gasteiger partial charge in [0.25, 0.3) is 5.89 Å². The first-order valence-corrected chi connectivity index (χ1v) is 9.35. The number of aryl methyl sites for hydroxylation is 1. The normalized spacial score (nSPS) is 12.7. The van der Waals surface area contributed by atoms with Gasteiger partial charge in [0.1, 0.15) is 10.6 Å². The minimum Gasteiger partial charge on any atom is -0.448 e. The van der Waals surface area contributed by atoms with E-state index in [0.717, 1.165) is 0 Å². The summed E-state index contributed by atoms with van der Waals surface area (Å²) in [6.07, 6.45) is 3.70. The predicted octanol–water partition coefficient (Wildman–Crippen LogP) is 1.30. The molecule has 10 nitrogen and oxygen atoms in total. The minimum atomic E-state index is -3.67. The van der Waals surface area contributed by atoms with Gasteiger partial charge >= 0.3 is 5.97 Å². The van der Waals surface area contributed by atoms with Crippen LogP contribution < -0.4 is 4.72 Å². The van der Waals surface area contributed by atoms with E-state index < -0.39 is 22.1 Å². The van der Waals surface area contributed by atoms with Gasteiger partial charge in [-0.2, -0.15) is 4.98 Å². The Morgan fingerprint density at radius 2 is 2.19 bits per heavy atom. The van der Waals surface area contributed by atoms with Gasteiger partial charge in [0.15, 0.2) is 6.10 Å². The van der Waals surface area contributed by atoms with Crippen LogP contribution in [0.3, 0.4) is 0 Å². The molecule has 142 valence electrons. The summed E-state index contributed by atoms with van der Waals surface area (Å²) in [6, 6.07) is 4.74. The second kappa shape index (κ2) is 7.29. The van der Waals surface area contributed by atoms with E-state index in [0.29, 0.717) is 11.4 Å². The molecule has 3 aromatic heterocycles. The van der Waals surface area contributed by atoms with Crippen molar-refractivity contribution in [1.29, 1.82) is 0 Å². The quantitative estimate of drug-likeness (QED) is 0.622. The number of rotatable bonds is 6. The van der Waals surface area contributed by atoms with Gasteiger partial charge in [0, 0.05) is 31.2 Å². The molecule has 1 N–H and O–H groups in total. The number of sulfonamides is 1. The molecular formula is C16H17N5O5S. The number of esters is 1. The number of nitrogens with one attached hydrogen (secondary N) is 1. The number of hydrogen-bond donors (Lipinski definition) is 1. The number of ether oxygens (including phenoxy) is 1. The molecule has 0 saturated carbocycles. The van der Waals surface area contributed by atoms with Crippen molar-refractivity contribution in [2.24, 2.45) is 7.05 Å². The van der Waals surface area contributed by atoms with Crippen molar-refractivity contribution in [1.82, 2.24) is 24.4 Å². The first kappa shape index (κ1) is 18.7. The van der Waals surface area contributed by atoms with Gasteiger partial charge in [-0.05, 0) is 32.2 Å². The Labute approximate surface area is 155 Å². The third-order valence-electron chi connectivity index (χ3n) is 3.76. The largest absolute Gasteiger partial charge is 0.448 e. The summed E-state index contributed by atoms with van der Waals surface area (Å²) in [6.45, 7) is 1.58. The standard InChI is InChI=1S/C16H17N5O5S/c1-10(15-19-14(20-26-15)11-5-4-6-18-8-11)25-16(22)13-7-12(9-21(13)3)27(23,24)17-2/h4-10,17H,1-3H3. The fraction of sp³-hybridized carbons (Fsp3) is 0.250. The molecule has 27 heavy (non-hydrogen) atoms. The lowest BCUT2D eigenvalue weighted by Gasteiger charge is -2.09. The van der Waals surface area contributed by atoms with Crippen molar-refractivity contribution in [2.75, 3.05) is 7.05 Å². The van der Waals surface area contributed by atoms with Gasteiger partial charge in [0.2, 0.25) is 15.8 Å². The molecule has 0 saturated heterocycles. The molecule has 11 heteroatoms. The van der Waals surface area contributed by atoms with Crippen molar-refractivity contribution in [3.8, 4) is 11.4 Å². The highest BCUT2D eigenvalue weighted by atomic mass is 32.2. The summed E-state index contributed by atoms with van der Waals surface area (Å²) in [5, 5.41) is 3.84. The monoisotopic (exact) mass is 391 g/mol. The number of pyridine rings is 1. The average molecular weight is 391 g/mol. The maximum atomic E-state index is 12.4. The molecule has 0 amide bonds. The molecule has 0 aliphatic rings. The van der Waals surface area contributed by atoms with Crippen LogP contribution >= 0.6 is 0 Å². The molecular weight excluding hydrogens is 374 g/mol. The molecule has 0 aromatic carbocycles. The average Bonchev–Trinajstić information content (AvgIpc) is 3.30. The number of carbonyl (C=O) groups is 1. The third-order valence-corrected chi connectivity index (χ3v) is 5.14. The first-order chi connectivity index (χ1) is 12.8. The van der Waals surface area contributed by atoms with Gasteiger partial charge in [-0.3, -0.25) is 4.98 Å². The lowest BCUT2D eigenvalue weighted by Crippen LogP contribution is -2.17. The van der Waals surface area contributed by atoms with Gasteiger partial charge in [0.05, 0.1) is 0 Å². The fourth-order valence-electron chi connectivity index (χ4n) is 2.29. The van der Waals surface area contributed by atoms with Crippen LogP contribution in [0.25, 0.3) is 11.4 Å². The maximum absolute atomic E-state index is 12.4. The number of aromatic nitrogens is 4. The van der Waals surface area contributed by atoms with E-state index in [1.807, 2.05) is 0 Å². The summed E-state index contributed by atoms with van der Waals surface area (Å²) < 4.78 is 37.7. The van der Waals surface area contributed by atoms with Crippen molar-refractivity contribution in [2.45, 2.75) is 17.9 Å². The zero-order valence-electron chi connectivity index (χ0n) is 14.8. The van der Waals surface area contributed by atoms with Crippen molar-refractivity contribution < 1.29 is 22.5 Å². The second-order valence-electron chi connectivity index (χ2n) is 5.62. The maximum Gasteiger partial charge on any atom is 0.355 e. The highest BCUT2D eigenvalue weighted by molar-refractivity contribution is 7.89. The SMILES string of the molecule is CNS(=O)(=O)c1cc(C(=O)OC(C)c2nc(-c3cccnc3)no2)n(C)c1. The van der Waals surface area contributed by atoms with Crippen molar-refractivity contribution in [3.05, 3.63) is 48.4 Å². The Balaban J connectivity index is 1.76. The lowest BCUT2D eigenvalue weighted by atomic mass is 10.3. The summed E-state index contributed by atoms with van der Waals surface area (Å²) in [7, 11) is -0.832. The van der Waals surface area contributed by atoms with Gasteiger partial charge < -0.3 is 13.8 Å². The minimum absolute atomic E-state index is 0.0382. The van der Waals surface area contributed by atoms with E-state index in [2.05, 4.69) is 19.8 Å². The molecule has 1 atom stereocenters. The number of hydrogen-bond acceptors (Lipinski definition) is 8. The van der Waals surface area contributed by atoms with Crippen LogP contribution in [-0.2, 0) is 21.8 Å². The first-order valence-electron chi connectivity index (χ1n) is 7.86. The van der Waals surface area contributed by atoms with Gasteiger partial charge in [-0.1, -0.05) is 5.16 Å². The molecule has 3 rings (SSSR count). The molecule has 0 spiro atoms. The molecule has 0 radical (unpaired) electrons. The van der Waals surface area contributed by atoms with Crippen LogP contribution in [0.1, 0.15) is 29.4 Å². The second-order valence-corrected chi connectivity index (χ2v) is 7.51. The summed E-state index contributed by atoms with van der Waals surface area (Å²) in [5.74, 6) is -0.287. The van der Waals surface area contributed by atoms with E-state index in [-0.39, 0.29) is 16.5 Å². The summed E-state index contributed by atoms with van der Waals surface area (Å²) in [5.41, 5.74) is 0.734. The molecule has 0 fully saturated rings. The van der Waals surface area contributed by atoms with Crippen molar-refractivity contribution in [3.63, 3.8) is 0 Å². The van der Waals surface area contributed by atoms with Crippen LogP contribution in [0.2, 0.25) is 0 Å². The van der Waals surface area contributed by atoms with Crippen LogP contribution in [0.15, 0.2) is 46.2 Å². The van der Waals surface area contributed by atoms with E-state index in [1.54, 1.807) is 38.5 Å². The van der Waals surface area contributed by atoms with Crippen LogP contribution in [-0.4, -0.2) is 41.1 Å². The number of nitrogens with zero attached hydrogens (tertiary/aromatic N) is 4. The van der Waals surface area contributed by atoms with E-state index in [9.17, 15) is 13.2 Å². The lowest BCUT2D eigenvalue weighted by molar-refractivity contribution is 0.0254. The third kappa shape index (κ3) is 3.88. The Bertz CT molecular complexity index is 1060. The molecule has 0 aliphatic carbocycles. The topological polar surface area (TPSA) is 129 Å². The highest BCUT2D eigenvalue weighted by Crippen LogP contribution is 2.22. The van der Waals surface area contributed by atoms with Crippen molar-refractivity contribution >= 4 is 16.0 Å². The molecule has 0 bridgehead atoms. The smallest absolute Gasteiger partial charge is 0.355 e. The van der Waals surface area contributed by atoms with E-state index >= 15 is 0 Å². The van der Waals surface area contributed by atoms with Gasteiger partial charge in [-0.15, -0.1) is 0 Å². The summed E-state index contributed by atoms with van der Waals surface area (Å²) >= 11 is 0. The Morgan fingerprint density at radius 1 is 1.41 bits per heavy atom. The molecule has 3 aromatic rings. The Hall–Kier alpha value is -3.05. The Morgan fingerprint density at radius 3 is 2.85 bits per heavy atom. The van der Waals surface area contributed by atoms with Crippen LogP contribution in [0, 0.1) is 0 Å². The van der Waals surface area contributed by atoms with E-state index in [1.165, 1.54) is 23.9 Å². The number of carbonyl (C=O) groups excluding carboxylic acids is 1. The van der Waals surface area contributed by atoms with Crippen LogP contribution in [0.4, 0.5) is 0 Å². The predicted molar refractivity (Wildman–Crippen MR) is 93.0 cm³/mol. The Kier molecular flexibility index (Phi) is 5.06. The zero-order chi connectivity index (χ0) is 19.6. The van der Waals surface area contributed by atoms with Crippen LogP contribution in [0.5, 0.6) is 0 Å². The van der Waals surface area contributed by atoms with Gasteiger partial charge in [-0.25, -0.2) is 17.9 Å².